The quantitative estimate of drug-likeness (QED) is 0.102. The van der Waals surface area contributed by atoms with Gasteiger partial charge >= 0.3 is 18.0 Å². The van der Waals surface area contributed by atoms with Gasteiger partial charge in [0.25, 0.3) is 0 Å². The van der Waals surface area contributed by atoms with Gasteiger partial charge in [0.2, 0.25) is 0 Å². The van der Waals surface area contributed by atoms with Crippen LogP contribution in [0.25, 0.3) is 0 Å². The van der Waals surface area contributed by atoms with Gasteiger partial charge in [-0.05, 0) is 69.4 Å². The van der Waals surface area contributed by atoms with Gasteiger partial charge in [-0.15, -0.1) is 0 Å². The van der Waals surface area contributed by atoms with Crippen molar-refractivity contribution < 1.29 is 38.4 Å². The fourth-order valence-corrected chi connectivity index (χ4v) is 4.14. The molecule has 10 nitrogen and oxygen atoms in total. The summed E-state index contributed by atoms with van der Waals surface area (Å²) in [6.07, 6.45) is 0.0953. The van der Waals surface area contributed by atoms with Crippen molar-refractivity contribution in [1.82, 2.24) is 10.9 Å². The largest absolute Gasteiger partial charge is 0.485 e. The van der Waals surface area contributed by atoms with Gasteiger partial charge in [-0.1, -0.05) is 66.7 Å². The number of carboxylic acids is 1. The van der Waals surface area contributed by atoms with E-state index in [1.807, 2.05) is 66.7 Å². The summed E-state index contributed by atoms with van der Waals surface area (Å²) in [5.41, 5.74) is 5.80. The van der Waals surface area contributed by atoms with E-state index in [1.54, 1.807) is 39.8 Å². The summed E-state index contributed by atoms with van der Waals surface area (Å²) in [7, 11) is 0. The first-order chi connectivity index (χ1) is 20.9. The first-order valence-electron chi connectivity index (χ1n) is 14.5. The lowest BCUT2D eigenvalue weighted by molar-refractivity contribution is -0.151. The number of amides is 1. The summed E-state index contributed by atoms with van der Waals surface area (Å²) < 4.78 is 23.1. The van der Waals surface area contributed by atoms with E-state index in [1.165, 1.54) is 0 Å². The Morgan fingerprint density at radius 1 is 0.750 bits per heavy atom. The van der Waals surface area contributed by atoms with Crippen molar-refractivity contribution in [3.05, 3.63) is 95.6 Å². The van der Waals surface area contributed by atoms with E-state index in [2.05, 4.69) is 10.9 Å². The third kappa shape index (κ3) is 12.0. The van der Waals surface area contributed by atoms with Crippen LogP contribution in [-0.2, 0) is 38.7 Å². The second-order valence-corrected chi connectivity index (χ2v) is 11.6. The molecule has 0 aliphatic rings. The molecule has 0 fully saturated rings. The number of ether oxygens (including phenoxy) is 4. The van der Waals surface area contributed by atoms with Crippen molar-refractivity contribution in [2.24, 2.45) is 0 Å². The lowest BCUT2D eigenvalue weighted by Gasteiger charge is -2.30. The number of unbranched alkanes of at least 4 members (excludes halogenated alkanes) is 1. The Bertz CT molecular complexity index is 1360. The summed E-state index contributed by atoms with van der Waals surface area (Å²) >= 11 is 0. The zero-order valence-corrected chi connectivity index (χ0v) is 25.8. The first kappa shape index (κ1) is 33.9. The molecule has 0 heterocycles. The highest BCUT2D eigenvalue weighted by molar-refractivity contribution is 5.81. The number of hydrogen-bond donors (Lipinski definition) is 3. The Kier molecular flexibility index (Phi) is 12.6. The van der Waals surface area contributed by atoms with Crippen LogP contribution in [0.4, 0.5) is 4.79 Å². The van der Waals surface area contributed by atoms with E-state index >= 15 is 0 Å². The molecule has 10 heteroatoms. The lowest BCUT2D eigenvalue weighted by atomic mass is 9.93. The summed E-state index contributed by atoms with van der Waals surface area (Å²) in [5.74, 6) is -0.506. The summed E-state index contributed by atoms with van der Waals surface area (Å²) in [6.45, 7) is 7.48. The van der Waals surface area contributed by atoms with Crippen LogP contribution in [-0.4, -0.2) is 40.9 Å². The molecule has 3 aromatic rings. The second-order valence-electron chi connectivity index (χ2n) is 11.6. The maximum absolute atomic E-state index is 13.3. The van der Waals surface area contributed by atoms with Gasteiger partial charge in [-0.25, -0.2) is 15.0 Å². The highest BCUT2D eigenvalue weighted by Crippen LogP contribution is 2.31. The average Bonchev–Trinajstić information content (AvgIpc) is 2.98. The van der Waals surface area contributed by atoms with Gasteiger partial charge in [0, 0.05) is 12.8 Å². The number of carbonyl (C=O) groups is 3. The predicted octanol–water partition coefficient (Wildman–Crippen LogP) is 5.97. The van der Waals surface area contributed by atoms with E-state index in [0.717, 1.165) is 11.1 Å². The molecule has 0 bridgehead atoms. The number of aliphatic carboxylic acids is 1. The van der Waals surface area contributed by atoms with Gasteiger partial charge in [-0.3, -0.25) is 10.2 Å². The van der Waals surface area contributed by atoms with Crippen LogP contribution in [0.15, 0.2) is 78.9 Å². The Morgan fingerprint density at radius 3 is 1.91 bits per heavy atom. The molecule has 0 aliphatic heterocycles. The minimum Gasteiger partial charge on any atom is -0.485 e. The lowest BCUT2D eigenvalue weighted by Crippen LogP contribution is -2.59. The van der Waals surface area contributed by atoms with Crippen LogP contribution in [0.1, 0.15) is 63.6 Å². The third-order valence-corrected chi connectivity index (χ3v) is 6.35. The van der Waals surface area contributed by atoms with E-state index < -0.39 is 29.2 Å². The Labute approximate surface area is 258 Å². The molecule has 3 N–H and O–H groups in total. The first-order valence-corrected chi connectivity index (χ1v) is 14.5. The summed E-state index contributed by atoms with van der Waals surface area (Å²) in [4.78, 5) is 36.6. The summed E-state index contributed by atoms with van der Waals surface area (Å²) in [5, 5.41) is 8.87. The minimum absolute atomic E-state index is 0.0162. The van der Waals surface area contributed by atoms with Gasteiger partial charge in [0.15, 0.2) is 11.5 Å². The standard InChI is InChI=1S/C34H42N2O8/c1-33(2,3)44-32(40)35-36-34(4,31(39)41-20-12-11-17-30(37)38)22-27-18-19-28(42-23-25-13-7-5-8-14-25)29(21-27)43-24-26-15-9-6-10-16-26/h5-10,13-16,18-19,21,36H,11-12,17,20,22-24H2,1-4H3,(H,35,40)(H,37,38). The Morgan fingerprint density at radius 2 is 1.34 bits per heavy atom. The van der Waals surface area contributed by atoms with Crippen molar-refractivity contribution in [2.45, 2.75) is 77.7 Å². The van der Waals surface area contributed by atoms with Gasteiger partial charge < -0.3 is 24.1 Å². The molecule has 3 rings (SSSR count). The van der Waals surface area contributed by atoms with Crippen molar-refractivity contribution in [3.63, 3.8) is 0 Å². The van der Waals surface area contributed by atoms with Crippen molar-refractivity contribution in [2.75, 3.05) is 6.61 Å². The monoisotopic (exact) mass is 606 g/mol. The number of hydrazine groups is 1. The van der Waals surface area contributed by atoms with Crippen LogP contribution in [0.2, 0.25) is 0 Å². The fourth-order valence-electron chi connectivity index (χ4n) is 4.14. The molecule has 0 saturated carbocycles. The van der Waals surface area contributed by atoms with E-state index in [9.17, 15) is 14.4 Å². The van der Waals surface area contributed by atoms with Crippen molar-refractivity contribution in [1.29, 1.82) is 0 Å². The predicted molar refractivity (Wildman–Crippen MR) is 165 cm³/mol. The van der Waals surface area contributed by atoms with E-state index in [-0.39, 0.29) is 19.4 Å². The molecule has 3 aromatic carbocycles. The topological polar surface area (TPSA) is 132 Å². The maximum Gasteiger partial charge on any atom is 0.422 e. The number of benzene rings is 3. The number of rotatable bonds is 16. The van der Waals surface area contributed by atoms with E-state index in [4.69, 9.17) is 24.1 Å². The van der Waals surface area contributed by atoms with Crippen LogP contribution < -0.4 is 20.3 Å². The van der Waals surface area contributed by atoms with Gasteiger partial charge in [0.05, 0.1) is 6.61 Å². The average molecular weight is 607 g/mol. The smallest absolute Gasteiger partial charge is 0.422 e. The summed E-state index contributed by atoms with van der Waals surface area (Å²) in [6, 6.07) is 24.9. The Balaban J connectivity index is 1.81. The molecule has 1 atom stereocenters. The van der Waals surface area contributed by atoms with Crippen molar-refractivity contribution in [3.8, 4) is 11.5 Å². The Hall–Kier alpha value is -4.57. The molecule has 1 amide bonds. The number of nitrogens with one attached hydrogen (secondary N) is 2. The molecule has 0 radical (unpaired) electrons. The zero-order chi connectivity index (χ0) is 32.0. The minimum atomic E-state index is -1.41. The molecule has 1 unspecified atom stereocenters. The number of esters is 1. The molecular weight excluding hydrogens is 564 g/mol. The maximum atomic E-state index is 13.3. The highest BCUT2D eigenvalue weighted by atomic mass is 16.6. The number of carboxylic acid groups (broad SMARTS) is 1. The third-order valence-electron chi connectivity index (χ3n) is 6.35. The molecular formula is C34H42N2O8. The van der Waals surface area contributed by atoms with Crippen molar-refractivity contribution >= 4 is 18.0 Å². The van der Waals surface area contributed by atoms with Gasteiger partial charge in [-0.2, -0.15) is 0 Å². The van der Waals surface area contributed by atoms with Crippen LogP contribution in [0.5, 0.6) is 11.5 Å². The van der Waals surface area contributed by atoms with Crippen LogP contribution in [0.3, 0.4) is 0 Å². The fraction of sp³-hybridized carbons (Fsp3) is 0.382. The molecule has 0 spiro atoms. The molecule has 0 aliphatic carbocycles. The molecule has 236 valence electrons. The zero-order valence-electron chi connectivity index (χ0n) is 25.8. The number of hydrogen-bond acceptors (Lipinski definition) is 8. The molecule has 44 heavy (non-hydrogen) atoms. The van der Waals surface area contributed by atoms with E-state index in [0.29, 0.717) is 43.1 Å². The second kappa shape index (κ2) is 16.3. The highest BCUT2D eigenvalue weighted by Gasteiger charge is 2.36. The van der Waals surface area contributed by atoms with Crippen LogP contribution in [0, 0.1) is 0 Å². The van der Waals surface area contributed by atoms with Gasteiger partial charge in [0.1, 0.15) is 24.4 Å². The molecule has 0 saturated heterocycles. The van der Waals surface area contributed by atoms with Crippen LogP contribution >= 0.6 is 0 Å². The number of carbonyl (C=O) groups excluding carboxylic acids is 2. The molecule has 0 aromatic heterocycles. The normalized spacial score (nSPS) is 12.5. The SMILES string of the molecule is CC(C)(C)OC(=O)NNC(C)(Cc1ccc(OCc2ccccc2)c(OCc2ccccc2)c1)C(=O)OCCCCC(=O)O.